The number of aromatic nitrogens is 4. The number of hydrogen-bond acceptors (Lipinski definition) is 5. The van der Waals surface area contributed by atoms with Crippen molar-refractivity contribution in [1.29, 1.82) is 0 Å². The third-order valence-electron chi connectivity index (χ3n) is 3.30. The first-order valence-corrected chi connectivity index (χ1v) is 7.66. The first kappa shape index (κ1) is 15.5. The molecule has 0 atom stereocenters. The Morgan fingerprint density at radius 1 is 1.39 bits per heavy atom. The van der Waals surface area contributed by atoms with Gasteiger partial charge < -0.3 is 4.90 Å². The second-order valence-electron chi connectivity index (χ2n) is 4.91. The van der Waals surface area contributed by atoms with Gasteiger partial charge in [-0.15, -0.1) is 11.3 Å². The summed E-state index contributed by atoms with van der Waals surface area (Å²) in [4.78, 5) is 22.1. The molecule has 0 aromatic carbocycles. The number of fused-ring (bicyclic) bond motifs is 1. The summed E-state index contributed by atoms with van der Waals surface area (Å²) in [6.07, 6.45) is 0.252. The molecular formula is C14H13F2N5OS. The summed E-state index contributed by atoms with van der Waals surface area (Å²) in [6, 6.07) is 3.75. The van der Waals surface area contributed by atoms with Crippen LogP contribution < -0.4 is 0 Å². The van der Waals surface area contributed by atoms with Gasteiger partial charge in [0.2, 0.25) is 0 Å². The molecule has 0 spiro atoms. The zero-order valence-corrected chi connectivity index (χ0v) is 13.0. The zero-order valence-electron chi connectivity index (χ0n) is 12.2. The summed E-state index contributed by atoms with van der Waals surface area (Å²) in [7, 11) is 1.58. The van der Waals surface area contributed by atoms with Gasteiger partial charge in [-0.05, 0) is 22.9 Å². The van der Waals surface area contributed by atoms with Gasteiger partial charge in [-0.1, -0.05) is 0 Å². The number of thiophene rings is 1. The Bertz CT molecular complexity index is 831. The summed E-state index contributed by atoms with van der Waals surface area (Å²) in [5.41, 5.74) is 0.347. The predicted molar refractivity (Wildman–Crippen MR) is 81.4 cm³/mol. The molecule has 6 nitrogen and oxygen atoms in total. The van der Waals surface area contributed by atoms with Crippen molar-refractivity contribution in [2.75, 3.05) is 7.05 Å². The fraction of sp³-hybridized carbons (Fsp3) is 0.286. The minimum atomic E-state index is -2.53. The third kappa shape index (κ3) is 3.19. The first-order chi connectivity index (χ1) is 11.1. The Labute approximate surface area is 134 Å². The smallest absolute Gasteiger partial charge is 0.274 e. The van der Waals surface area contributed by atoms with Crippen LogP contribution in [0.1, 0.15) is 16.3 Å². The van der Waals surface area contributed by atoms with Crippen LogP contribution in [-0.2, 0) is 13.1 Å². The van der Waals surface area contributed by atoms with Crippen LogP contribution in [0.3, 0.4) is 0 Å². The van der Waals surface area contributed by atoms with Crippen LogP contribution in [0.5, 0.6) is 0 Å². The molecule has 0 N–H and O–H groups in total. The fourth-order valence-electron chi connectivity index (χ4n) is 2.20. The lowest BCUT2D eigenvalue weighted by Gasteiger charge is -2.17. The lowest BCUT2D eigenvalue weighted by molar-refractivity contribution is 0.0772. The number of hydrogen-bond donors (Lipinski definition) is 0. The van der Waals surface area contributed by atoms with Gasteiger partial charge in [0.05, 0.1) is 11.2 Å². The molecule has 0 fully saturated rings. The van der Waals surface area contributed by atoms with Gasteiger partial charge in [-0.3, -0.25) is 4.79 Å². The molecule has 1 amide bonds. The van der Waals surface area contributed by atoms with Gasteiger partial charge >= 0.3 is 0 Å². The van der Waals surface area contributed by atoms with E-state index in [1.165, 1.54) is 22.6 Å². The summed E-state index contributed by atoms with van der Waals surface area (Å²) >= 11 is 1.44. The fourth-order valence-corrected chi connectivity index (χ4v) is 3.08. The van der Waals surface area contributed by atoms with Crippen LogP contribution in [0.2, 0.25) is 0 Å². The number of carbonyl (C=O) groups is 1. The van der Waals surface area contributed by atoms with Crippen LogP contribution >= 0.6 is 11.3 Å². The number of nitrogens with zero attached hydrogens (tertiary/aromatic N) is 5. The Morgan fingerprint density at radius 2 is 2.22 bits per heavy atom. The number of carbonyl (C=O) groups excluding carboxylic acids is 1. The van der Waals surface area contributed by atoms with Crippen molar-refractivity contribution in [1.82, 2.24) is 24.6 Å². The summed E-state index contributed by atoms with van der Waals surface area (Å²) in [5.74, 6) is 0.0177. The molecule has 120 valence electrons. The normalized spacial score (nSPS) is 11.3. The Hall–Kier alpha value is -2.42. The van der Waals surface area contributed by atoms with Crippen molar-refractivity contribution in [3.8, 4) is 0 Å². The van der Waals surface area contributed by atoms with Crippen LogP contribution in [-0.4, -0.2) is 44.0 Å². The molecule has 9 heteroatoms. The minimum absolute atomic E-state index is 0.0784. The van der Waals surface area contributed by atoms with Gasteiger partial charge in [-0.25, -0.2) is 23.4 Å². The van der Waals surface area contributed by atoms with Gasteiger partial charge in [0.25, 0.3) is 12.3 Å². The Balaban J connectivity index is 1.81. The maximum atomic E-state index is 12.6. The van der Waals surface area contributed by atoms with E-state index in [2.05, 4.69) is 15.1 Å². The van der Waals surface area contributed by atoms with Gasteiger partial charge in [-0.2, -0.15) is 5.10 Å². The van der Waals surface area contributed by atoms with E-state index in [0.29, 0.717) is 11.5 Å². The van der Waals surface area contributed by atoms with E-state index < -0.39 is 13.0 Å². The number of alkyl halides is 2. The lowest BCUT2D eigenvalue weighted by Crippen LogP contribution is -2.29. The summed E-state index contributed by atoms with van der Waals surface area (Å²) < 4.78 is 26.9. The molecule has 3 heterocycles. The van der Waals surface area contributed by atoms with Gasteiger partial charge in [0.15, 0.2) is 0 Å². The van der Waals surface area contributed by atoms with Crippen LogP contribution in [0.4, 0.5) is 8.78 Å². The molecule has 0 aliphatic heterocycles. The second kappa shape index (κ2) is 6.37. The average Bonchev–Trinajstić information content (AvgIpc) is 3.15. The van der Waals surface area contributed by atoms with Gasteiger partial charge in [0, 0.05) is 13.2 Å². The molecule has 3 rings (SSSR count). The van der Waals surface area contributed by atoms with Crippen molar-refractivity contribution in [2.45, 2.75) is 19.5 Å². The minimum Gasteiger partial charge on any atom is -0.333 e. The van der Waals surface area contributed by atoms with E-state index in [9.17, 15) is 13.6 Å². The molecule has 0 unspecified atom stereocenters. The van der Waals surface area contributed by atoms with E-state index in [-0.39, 0.29) is 12.5 Å². The van der Waals surface area contributed by atoms with Crippen molar-refractivity contribution >= 4 is 27.3 Å². The molecule has 0 saturated carbocycles. The number of amides is 1. The summed E-state index contributed by atoms with van der Waals surface area (Å²) in [6.45, 7) is -0.467. The van der Waals surface area contributed by atoms with Crippen molar-refractivity contribution < 1.29 is 13.6 Å². The standard InChI is InChI=1S/C14H13F2N5OS/c1-20(7-11-18-8-19-21(11)6-10(15)16)14(22)12-13-9(2-4-17-12)3-5-23-13/h2-5,8,10H,6-7H2,1H3. The zero-order chi connectivity index (χ0) is 16.4. The van der Waals surface area contributed by atoms with Crippen LogP contribution in [0, 0.1) is 0 Å². The van der Waals surface area contributed by atoms with E-state index in [1.54, 1.807) is 13.2 Å². The van der Waals surface area contributed by atoms with E-state index in [1.807, 2.05) is 17.5 Å². The highest BCUT2D eigenvalue weighted by Crippen LogP contribution is 2.24. The maximum absolute atomic E-state index is 12.6. The quantitative estimate of drug-likeness (QED) is 0.717. The maximum Gasteiger partial charge on any atom is 0.274 e. The summed E-state index contributed by atoms with van der Waals surface area (Å²) in [5, 5.41) is 6.60. The number of halogens is 2. The third-order valence-corrected chi connectivity index (χ3v) is 4.24. The number of pyridine rings is 1. The van der Waals surface area contributed by atoms with Crippen molar-refractivity contribution in [3.05, 3.63) is 41.6 Å². The highest BCUT2D eigenvalue weighted by molar-refractivity contribution is 7.17. The Kier molecular flexibility index (Phi) is 4.28. The SMILES string of the molecule is CN(Cc1ncnn1CC(F)F)C(=O)c1nccc2ccsc12. The molecule has 0 bridgehead atoms. The topological polar surface area (TPSA) is 63.9 Å². The Morgan fingerprint density at radius 3 is 3.00 bits per heavy atom. The largest absolute Gasteiger partial charge is 0.333 e. The molecule has 23 heavy (non-hydrogen) atoms. The monoisotopic (exact) mass is 337 g/mol. The molecule has 0 radical (unpaired) electrons. The number of rotatable bonds is 5. The molecule has 3 aromatic rings. The van der Waals surface area contributed by atoms with Crippen molar-refractivity contribution in [3.63, 3.8) is 0 Å². The molecule has 0 saturated heterocycles. The van der Waals surface area contributed by atoms with Gasteiger partial charge in [0.1, 0.15) is 24.4 Å². The predicted octanol–water partition coefficient (Wildman–Crippen LogP) is 2.43. The van der Waals surface area contributed by atoms with Crippen LogP contribution in [0.15, 0.2) is 30.0 Å². The van der Waals surface area contributed by atoms with Crippen LogP contribution in [0.25, 0.3) is 10.1 Å². The molecule has 0 aliphatic carbocycles. The first-order valence-electron chi connectivity index (χ1n) is 6.78. The highest BCUT2D eigenvalue weighted by Gasteiger charge is 2.20. The van der Waals surface area contributed by atoms with Crippen molar-refractivity contribution in [2.24, 2.45) is 0 Å². The lowest BCUT2D eigenvalue weighted by atomic mass is 10.2. The second-order valence-corrected chi connectivity index (χ2v) is 5.83. The molecule has 0 aliphatic rings. The van der Waals surface area contributed by atoms with E-state index >= 15 is 0 Å². The molecule has 3 aromatic heterocycles. The average molecular weight is 337 g/mol. The van der Waals surface area contributed by atoms with E-state index in [4.69, 9.17) is 0 Å². The van der Waals surface area contributed by atoms with E-state index in [0.717, 1.165) is 14.8 Å². The highest BCUT2D eigenvalue weighted by atomic mass is 32.1. The molecular weight excluding hydrogens is 324 g/mol.